The number of allylic oxidation sites excluding steroid dienone is 1. The van der Waals surface area contributed by atoms with Gasteiger partial charge in [-0.2, -0.15) is 0 Å². The number of unbranched alkanes of at least 4 members (excludes halogenated alkanes) is 2. The maximum atomic E-state index is 10.7. The van der Waals surface area contributed by atoms with Crippen molar-refractivity contribution >= 4 is 5.97 Å². The Morgan fingerprint density at radius 3 is 2.38 bits per heavy atom. The summed E-state index contributed by atoms with van der Waals surface area (Å²) >= 11 is 0. The Labute approximate surface area is 99.7 Å². The van der Waals surface area contributed by atoms with Gasteiger partial charge in [-0.15, -0.1) is 0 Å². The number of carboxylic acids is 1. The third kappa shape index (κ3) is 7.49. The predicted molar refractivity (Wildman–Crippen MR) is 68.5 cm³/mol. The van der Waals surface area contributed by atoms with Crippen molar-refractivity contribution in [1.82, 2.24) is 0 Å². The van der Waals surface area contributed by atoms with Crippen LogP contribution in [0.15, 0.2) is 11.6 Å². The first kappa shape index (κ1) is 15.2. The molecule has 1 unspecified atom stereocenters. The van der Waals surface area contributed by atoms with Crippen molar-refractivity contribution in [2.45, 2.75) is 65.7 Å². The van der Waals surface area contributed by atoms with Crippen LogP contribution >= 0.6 is 0 Å². The van der Waals surface area contributed by atoms with E-state index in [4.69, 9.17) is 5.11 Å². The van der Waals surface area contributed by atoms with Gasteiger partial charge in [0.15, 0.2) is 0 Å². The SMILES string of the molecule is CCCCCC(CC=C(C)C(=O)O)CCC. The molecule has 2 nitrogen and oxygen atoms in total. The molecule has 0 amide bonds. The van der Waals surface area contributed by atoms with Crippen molar-refractivity contribution in [3.05, 3.63) is 11.6 Å². The van der Waals surface area contributed by atoms with Crippen molar-refractivity contribution < 1.29 is 9.90 Å². The molecule has 0 aliphatic heterocycles. The van der Waals surface area contributed by atoms with E-state index in [1.54, 1.807) is 6.92 Å². The van der Waals surface area contributed by atoms with Crippen molar-refractivity contribution in [2.75, 3.05) is 0 Å². The van der Waals surface area contributed by atoms with E-state index in [2.05, 4.69) is 13.8 Å². The molecule has 16 heavy (non-hydrogen) atoms. The molecule has 0 aliphatic rings. The van der Waals surface area contributed by atoms with Gasteiger partial charge in [-0.3, -0.25) is 0 Å². The van der Waals surface area contributed by atoms with E-state index in [9.17, 15) is 4.79 Å². The first-order valence-electron chi connectivity index (χ1n) is 6.51. The van der Waals surface area contributed by atoms with Crippen LogP contribution in [0.2, 0.25) is 0 Å². The number of carbonyl (C=O) groups is 1. The standard InChI is InChI=1S/C14H26O2/c1-4-6-7-9-13(8-5-2)11-10-12(3)14(15)16/h10,13H,4-9,11H2,1-3H3,(H,15,16). The summed E-state index contributed by atoms with van der Waals surface area (Å²) in [5.41, 5.74) is 0.483. The fourth-order valence-electron chi connectivity index (χ4n) is 1.90. The van der Waals surface area contributed by atoms with Gasteiger partial charge in [0, 0.05) is 5.57 Å². The topological polar surface area (TPSA) is 37.3 Å². The van der Waals surface area contributed by atoms with Gasteiger partial charge in [-0.05, 0) is 19.3 Å². The number of hydrogen-bond acceptors (Lipinski definition) is 1. The highest BCUT2D eigenvalue weighted by molar-refractivity contribution is 5.85. The van der Waals surface area contributed by atoms with Crippen LogP contribution in [0, 0.1) is 5.92 Å². The lowest BCUT2D eigenvalue weighted by Gasteiger charge is -2.13. The molecule has 1 atom stereocenters. The van der Waals surface area contributed by atoms with E-state index >= 15 is 0 Å². The summed E-state index contributed by atoms with van der Waals surface area (Å²) in [5, 5.41) is 8.77. The second-order valence-electron chi connectivity index (χ2n) is 4.58. The second-order valence-corrected chi connectivity index (χ2v) is 4.58. The van der Waals surface area contributed by atoms with Gasteiger partial charge in [0.1, 0.15) is 0 Å². The first-order chi connectivity index (χ1) is 7.61. The largest absolute Gasteiger partial charge is 0.478 e. The average Bonchev–Trinajstić information content (AvgIpc) is 2.25. The smallest absolute Gasteiger partial charge is 0.330 e. The van der Waals surface area contributed by atoms with Gasteiger partial charge >= 0.3 is 5.97 Å². The van der Waals surface area contributed by atoms with E-state index in [-0.39, 0.29) is 0 Å². The fourth-order valence-corrected chi connectivity index (χ4v) is 1.90. The minimum atomic E-state index is -0.788. The van der Waals surface area contributed by atoms with Gasteiger partial charge in [0.05, 0.1) is 0 Å². The Kier molecular flexibility index (Phi) is 8.97. The monoisotopic (exact) mass is 226 g/mol. The van der Waals surface area contributed by atoms with Crippen LogP contribution in [0.5, 0.6) is 0 Å². The van der Waals surface area contributed by atoms with Gasteiger partial charge in [-0.25, -0.2) is 4.79 Å². The van der Waals surface area contributed by atoms with E-state index in [1.807, 2.05) is 6.08 Å². The quantitative estimate of drug-likeness (QED) is 0.467. The average molecular weight is 226 g/mol. The van der Waals surface area contributed by atoms with Crippen molar-refractivity contribution in [3.63, 3.8) is 0 Å². The summed E-state index contributed by atoms with van der Waals surface area (Å²) in [5.74, 6) is -0.116. The van der Waals surface area contributed by atoms with Crippen molar-refractivity contribution in [1.29, 1.82) is 0 Å². The molecule has 94 valence electrons. The van der Waals surface area contributed by atoms with Crippen molar-refractivity contribution in [3.8, 4) is 0 Å². The summed E-state index contributed by atoms with van der Waals surface area (Å²) in [7, 11) is 0. The minimum Gasteiger partial charge on any atom is -0.478 e. The Hall–Kier alpha value is -0.790. The number of rotatable bonds is 9. The highest BCUT2D eigenvalue weighted by Gasteiger charge is 2.07. The molecule has 0 bridgehead atoms. The van der Waals surface area contributed by atoms with E-state index in [1.165, 1.54) is 38.5 Å². The predicted octanol–water partition coefficient (Wildman–Crippen LogP) is 4.40. The number of aliphatic carboxylic acids is 1. The number of hydrogen-bond donors (Lipinski definition) is 1. The molecule has 0 aromatic rings. The highest BCUT2D eigenvalue weighted by Crippen LogP contribution is 2.20. The van der Waals surface area contributed by atoms with Crippen LogP contribution < -0.4 is 0 Å². The van der Waals surface area contributed by atoms with E-state index < -0.39 is 5.97 Å². The summed E-state index contributed by atoms with van der Waals surface area (Å²) in [6.07, 6.45) is 10.3. The molecule has 2 heteroatoms. The first-order valence-corrected chi connectivity index (χ1v) is 6.51. The molecular weight excluding hydrogens is 200 g/mol. The second kappa shape index (κ2) is 9.44. The molecular formula is C14H26O2. The lowest BCUT2D eigenvalue weighted by Crippen LogP contribution is -2.01. The molecule has 0 spiro atoms. The van der Waals surface area contributed by atoms with Crippen LogP contribution in [0.25, 0.3) is 0 Å². The maximum Gasteiger partial charge on any atom is 0.330 e. The van der Waals surface area contributed by atoms with Crippen LogP contribution in [0.1, 0.15) is 65.7 Å². The van der Waals surface area contributed by atoms with Gasteiger partial charge < -0.3 is 5.11 Å². The third-order valence-electron chi connectivity index (χ3n) is 3.01. The maximum absolute atomic E-state index is 10.7. The Morgan fingerprint density at radius 2 is 1.88 bits per heavy atom. The van der Waals surface area contributed by atoms with E-state index in [0.29, 0.717) is 11.5 Å². The lowest BCUT2D eigenvalue weighted by molar-refractivity contribution is -0.132. The summed E-state index contributed by atoms with van der Waals surface area (Å²) in [6.45, 7) is 6.08. The molecule has 0 aromatic heterocycles. The molecule has 0 saturated heterocycles. The highest BCUT2D eigenvalue weighted by atomic mass is 16.4. The zero-order valence-electron chi connectivity index (χ0n) is 11.0. The zero-order valence-corrected chi connectivity index (χ0v) is 11.0. The van der Waals surface area contributed by atoms with Crippen LogP contribution in [0.3, 0.4) is 0 Å². The Bertz CT molecular complexity index is 219. The molecule has 1 N–H and O–H groups in total. The van der Waals surface area contributed by atoms with Gasteiger partial charge in [-0.1, -0.05) is 58.4 Å². The molecule has 0 saturated carbocycles. The van der Waals surface area contributed by atoms with Gasteiger partial charge in [0.25, 0.3) is 0 Å². The van der Waals surface area contributed by atoms with Crippen molar-refractivity contribution in [2.24, 2.45) is 5.92 Å². The molecule has 0 radical (unpaired) electrons. The third-order valence-corrected chi connectivity index (χ3v) is 3.01. The Balaban J connectivity index is 4.01. The summed E-state index contributed by atoms with van der Waals surface area (Å²) < 4.78 is 0. The molecule has 0 heterocycles. The van der Waals surface area contributed by atoms with Crippen LogP contribution in [-0.2, 0) is 4.79 Å². The zero-order chi connectivity index (χ0) is 12.4. The molecule has 0 aromatic carbocycles. The minimum absolute atomic E-state index is 0.483. The van der Waals surface area contributed by atoms with Gasteiger partial charge in [0.2, 0.25) is 0 Å². The van der Waals surface area contributed by atoms with Crippen LogP contribution in [0.4, 0.5) is 0 Å². The summed E-state index contributed by atoms with van der Waals surface area (Å²) in [6, 6.07) is 0. The normalized spacial score (nSPS) is 13.8. The summed E-state index contributed by atoms with van der Waals surface area (Å²) in [4.78, 5) is 10.7. The molecule has 0 fully saturated rings. The van der Waals surface area contributed by atoms with Crippen LogP contribution in [-0.4, -0.2) is 11.1 Å². The lowest BCUT2D eigenvalue weighted by atomic mass is 9.92. The molecule has 0 aliphatic carbocycles. The molecule has 0 rings (SSSR count). The van der Waals surface area contributed by atoms with E-state index in [0.717, 1.165) is 6.42 Å². The fraction of sp³-hybridized carbons (Fsp3) is 0.786. The number of carboxylic acid groups (broad SMARTS) is 1. The Morgan fingerprint density at radius 1 is 1.19 bits per heavy atom.